The number of amides is 1. The molecule has 0 aromatic heterocycles. The Balaban J connectivity index is 1.85. The first-order valence-electron chi connectivity index (χ1n) is 10.7. The molecule has 34 heavy (non-hydrogen) atoms. The average Bonchev–Trinajstić information content (AvgIpc) is 2.80. The number of carbonyl (C=O) groups excluding carboxylic acids is 1. The number of carbonyl (C=O) groups is 1. The Labute approximate surface area is 213 Å². The van der Waals surface area contributed by atoms with Crippen molar-refractivity contribution in [2.45, 2.75) is 37.2 Å². The summed E-state index contributed by atoms with van der Waals surface area (Å²) < 4.78 is 35.2. The third-order valence-corrected chi connectivity index (χ3v) is 7.38. The number of benzene rings is 3. The molecule has 0 heterocycles. The minimum Gasteiger partial charge on any atom is -0.492 e. The predicted molar refractivity (Wildman–Crippen MR) is 138 cm³/mol. The van der Waals surface area contributed by atoms with Gasteiger partial charge in [-0.1, -0.05) is 70.0 Å². The van der Waals surface area contributed by atoms with Crippen LogP contribution in [0.3, 0.4) is 0 Å². The van der Waals surface area contributed by atoms with Crippen LogP contribution >= 0.6 is 27.5 Å². The van der Waals surface area contributed by atoms with E-state index in [2.05, 4.69) is 26.0 Å². The quantitative estimate of drug-likeness (QED) is 0.351. The summed E-state index contributed by atoms with van der Waals surface area (Å²) in [5.74, 6) is -0.0403. The summed E-state index contributed by atoms with van der Waals surface area (Å²) >= 11 is 9.62. The molecule has 2 atom stereocenters. The maximum atomic E-state index is 13.2. The summed E-state index contributed by atoms with van der Waals surface area (Å²) in [5, 5.41) is 3.10. The number of nitrogens with one attached hydrogen (secondary N) is 2. The van der Waals surface area contributed by atoms with Gasteiger partial charge in [-0.05, 0) is 61.7 Å². The molecular formula is C25H26BrClN2O4S. The molecule has 0 aliphatic carbocycles. The summed E-state index contributed by atoms with van der Waals surface area (Å²) in [7, 11) is -4.04. The highest BCUT2D eigenvalue weighted by molar-refractivity contribution is 9.10. The molecule has 0 spiro atoms. The Kier molecular flexibility index (Phi) is 9.13. The van der Waals surface area contributed by atoms with E-state index in [1.807, 2.05) is 68.4 Å². The number of hydrogen-bond donors (Lipinski definition) is 2. The predicted octanol–water partition coefficient (Wildman–Crippen LogP) is 5.27. The van der Waals surface area contributed by atoms with Crippen LogP contribution in [0.25, 0.3) is 0 Å². The van der Waals surface area contributed by atoms with Crippen LogP contribution in [0, 0.1) is 0 Å². The average molecular weight is 566 g/mol. The fourth-order valence-electron chi connectivity index (χ4n) is 3.39. The lowest BCUT2D eigenvalue weighted by molar-refractivity contribution is -0.123. The molecule has 9 heteroatoms. The van der Waals surface area contributed by atoms with Gasteiger partial charge in [0.25, 0.3) is 0 Å². The number of ether oxygens (including phenoxy) is 1. The van der Waals surface area contributed by atoms with Crippen LogP contribution in [-0.2, 0) is 21.2 Å². The molecule has 1 amide bonds. The lowest BCUT2D eigenvalue weighted by Crippen LogP contribution is -2.48. The minimum atomic E-state index is -4.04. The third-order valence-electron chi connectivity index (χ3n) is 5.12. The number of hydrogen-bond acceptors (Lipinski definition) is 4. The minimum absolute atomic E-state index is 0.0492. The molecule has 0 aliphatic heterocycles. The van der Waals surface area contributed by atoms with Gasteiger partial charge >= 0.3 is 0 Å². The van der Waals surface area contributed by atoms with Gasteiger partial charge in [0.1, 0.15) is 11.8 Å². The smallest absolute Gasteiger partial charge is 0.241 e. The van der Waals surface area contributed by atoms with Gasteiger partial charge in [0.2, 0.25) is 15.9 Å². The summed E-state index contributed by atoms with van der Waals surface area (Å²) in [6, 6.07) is 19.7. The molecule has 2 unspecified atom stereocenters. The maximum Gasteiger partial charge on any atom is 0.241 e. The fraction of sp³-hybridized carbons (Fsp3) is 0.240. The van der Waals surface area contributed by atoms with E-state index in [1.54, 1.807) is 0 Å². The van der Waals surface area contributed by atoms with Gasteiger partial charge in [0.15, 0.2) is 0 Å². The monoisotopic (exact) mass is 564 g/mol. The van der Waals surface area contributed by atoms with E-state index in [9.17, 15) is 13.2 Å². The third kappa shape index (κ3) is 7.06. The second-order valence-corrected chi connectivity index (χ2v) is 10.7. The van der Waals surface area contributed by atoms with Crippen molar-refractivity contribution in [2.75, 3.05) is 6.61 Å². The van der Waals surface area contributed by atoms with Crippen molar-refractivity contribution >= 4 is 43.5 Å². The summed E-state index contributed by atoms with van der Waals surface area (Å²) in [6.45, 7) is 4.06. The van der Waals surface area contributed by atoms with Gasteiger partial charge < -0.3 is 10.1 Å². The van der Waals surface area contributed by atoms with Crippen molar-refractivity contribution in [3.63, 3.8) is 0 Å². The van der Waals surface area contributed by atoms with Crippen molar-refractivity contribution in [3.05, 3.63) is 93.4 Å². The topological polar surface area (TPSA) is 84.5 Å². The highest BCUT2D eigenvalue weighted by atomic mass is 79.9. The van der Waals surface area contributed by atoms with Crippen molar-refractivity contribution in [3.8, 4) is 5.75 Å². The van der Waals surface area contributed by atoms with E-state index in [4.69, 9.17) is 16.3 Å². The van der Waals surface area contributed by atoms with Gasteiger partial charge in [0, 0.05) is 4.47 Å². The number of sulfonamides is 1. The SMILES string of the molecule is CCOc1ccc(S(=O)(=O)NC(Cc2ccccc2)C(=O)NC(C)c2cccc(Br)c2)cc1Cl. The summed E-state index contributed by atoms with van der Waals surface area (Å²) in [6.07, 6.45) is 0.182. The molecule has 3 aromatic rings. The van der Waals surface area contributed by atoms with Crippen molar-refractivity contribution in [1.82, 2.24) is 10.0 Å². The normalized spacial score (nSPS) is 13.2. The first-order chi connectivity index (χ1) is 16.2. The molecule has 0 saturated carbocycles. The molecule has 0 radical (unpaired) electrons. The largest absolute Gasteiger partial charge is 0.492 e. The second-order valence-electron chi connectivity index (χ2n) is 7.67. The van der Waals surface area contributed by atoms with E-state index < -0.39 is 22.0 Å². The highest BCUT2D eigenvalue weighted by Gasteiger charge is 2.28. The van der Waals surface area contributed by atoms with Crippen LogP contribution in [0.1, 0.15) is 31.0 Å². The van der Waals surface area contributed by atoms with E-state index >= 15 is 0 Å². The van der Waals surface area contributed by atoms with Gasteiger partial charge in [-0.15, -0.1) is 0 Å². The van der Waals surface area contributed by atoms with Crippen molar-refractivity contribution in [1.29, 1.82) is 0 Å². The van der Waals surface area contributed by atoms with Crippen LogP contribution < -0.4 is 14.8 Å². The molecule has 0 fully saturated rings. The zero-order valence-electron chi connectivity index (χ0n) is 18.8. The first kappa shape index (κ1) is 26.2. The zero-order chi connectivity index (χ0) is 24.7. The molecule has 0 saturated heterocycles. The molecule has 3 aromatic carbocycles. The van der Waals surface area contributed by atoms with E-state index in [0.717, 1.165) is 15.6 Å². The Morgan fingerprint density at radius 3 is 2.44 bits per heavy atom. The van der Waals surface area contributed by atoms with Crippen molar-refractivity contribution < 1.29 is 17.9 Å². The maximum absolute atomic E-state index is 13.2. The number of halogens is 2. The first-order valence-corrected chi connectivity index (χ1v) is 13.4. The number of rotatable bonds is 10. The van der Waals surface area contributed by atoms with Crippen LogP contribution in [0.2, 0.25) is 5.02 Å². The lowest BCUT2D eigenvalue weighted by atomic mass is 10.0. The molecule has 6 nitrogen and oxygen atoms in total. The van der Waals surface area contributed by atoms with E-state index in [-0.39, 0.29) is 22.4 Å². The Bertz CT molecular complexity index is 1240. The Morgan fingerprint density at radius 1 is 1.06 bits per heavy atom. The van der Waals surface area contributed by atoms with Gasteiger partial charge in [-0.2, -0.15) is 4.72 Å². The Hall–Kier alpha value is -2.39. The van der Waals surface area contributed by atoms with E-state index in [0.29, 0.717) is 12.4 Å². The van der Waals surface area contributed by atoms with E-state index in [1.165, 1.54) is 18.2 Å². The molecule has 3 rings (SSSR count). The summed E-state index contributed by atoms with van der Waals surface area (Å²) in [4.78, 5) is 13.2. The van der Waals surface area contributed by atoms with Gasteiger partial charge in [-0.3, -0.25) is 4.79 Å². The van der Waals surface area contributed by atoms with Crippen molar-refractivity contribution in [2.24, 2.45) is 0 Å². The molecule has 0 aliphatic rings. The van der Waals surface area contributed by atoms with Crippen LogP contribution in [0.4, 0.5) is 0 Å². The molecule has 180 valence electrons. The molecule has 0 bridgehead atoms. The van der Waals surface area contributed by atoms with Crippen LogP contribution in [0.15, 0.2) is 82.2 Å². The Morgan fingerprint density at radius 2 is 1.79 bits per heavy atom. The fourth-order valence-corrected chi connectivity index (χ4v) is 5.33. The second kappa shape index (κ2) is 11.8. The molecular weight excluding hydrogens is 540 g/mol. The van der Waals surface area contributed by atoms with Gasteiger partial charge in [-0.25, -0.2) is 8.42 Å². The lowest BCUT2D eigenvalue weighted by Gasteiger charge is -2.22. The van der Waals surface area contributed by atoms with Gasteiger partial charge in [0.05, 0.1) is 22.6 Å². The zero-order valence-corrected chi connectivity index (χ0v) is 22.0. The summed E-state index contributed by atoms with van der Waals surface area (Å²) in [5.41, 5.74) is 1.72. The standard InChI is InChI=1S/C25H26BrClN2O4S/c1-3-33-24-13-12-21(16-22(24)27)34(31,32)29-23(14-18-8-5-4-6-9-18)25(30)28-17(2)19-10-7-11-20(26)15-19/h4-13,15-17,23,29H,3,14H2,1-2H3,(H,28,30). The van der Waals surface area contributed by atoms with Crippen LogP contribution in [-0.4, -0.2) is 27.0 Å². The highest BCUT2D eigenvalue weighted by Crippen LogP contribution is 2.27. The van der Waals surface area contributed by atoms with Crippen LogP contribution in [0.5, 0.6) is 5.75 Å². The molecule has 2 N–H and O–H groups in total.